The molecule has 2 aromatic rings. The number of carbonyl (C=O) groups excluding carboxylic acids is 1. The molecule has 0 atom stereocenters. The molecule has 1 aromatic heterocycles. The van der Waals surface area contributed by atoms with Crippen LogP contribution in [0.25, 0.3) is 0 Å². The van der Waals surface area contributed by atoms with E-state index in [-0.39, 0.29) is 6.03 Å². The zero-order valence-electron chi connectivity index (χ0n) is 12.1. The van der Waals surface area contributed by atoms with Gasteiger partial charge < -0.3 is 10.6 Å². The number of aryl methyl sites for hydroxylation is 2. The quantitative estimate of drug-likeness (QED) is 0.867. The third-order valence-corrected chi connectivity index (χ3v) is 4.57. The summed E-state index contributed by atoms with van der Waals surface area (Å²) in [5, 5.41) is 5.79. The van der Waals surface area contributed by atoms with E-state index in [9.17, 15) is 4.79 Å². The minimum Gasteiger partial charge on any atom is -0.333 e. The maximum Gasteiger partial charge on any atom is 0.319 e. The van der Waals surface area contributed by atoms with Crippen molar-refractivity contribution in [2.24, 2.45) is 0 Å². The van der Waals surface area contributed by atoms with Gasteiger partial charge in [0, 0.05) is 15.4 Å². The topological polar surface area (TPSA) is 41.1 Å². The van der Waals surface area contributed by atoms with Crippen LogP contribution in [0.5, 0.6) is 0 Å². The molecule has 4 heteroatoms. The minimum atomic E-state index is -0.162. The van der Waals surface area contributed by atoms with E-state index in [2.05, 4.69) is 29.7 Å². The van der Waals surface area contributed by atoms with E-state index in [1.165, 1.54) is 15.3 Å². The standard InChI is InChI=1S/C16H20N2OS/c1-4-13-8-9-14(20-13)10-17-16(19)18-15-7-5-6-11(2)12(15)3/h5-9H,4,10H2,1-3H3,(H2,17,18,19). The lowest BCUT2D eigenvalue weighted by Gasteiger charge is -2.11. The number of hydrogen-bond donors (Lipinski definition) is 2. The van der Waals surface area contributed by atoms with Gasteiger partial charge in [-0.15, -0.1) is 11.3 Å². The fourth-order valence-corrected chi connectivity index (χ4v) is 2.83. The second kappa shape index (κ2) is 6.57. The molecule has 20 heavy (non-hydrogen) atoms. The SMILES string of the molecule is CCc1ccc(CNC(=O)Nc2cccc(C)c2C)s1. The van der Waals surface area contributed by atoms with Crippen molar-refractivity contribution in [2.75, 3.05) is 5.32 Å². The van der Waals surface area contributed by atoms with Gasteiger partial charge in [-0.1, -0.05) is 19.1 Å². The molecular weight excluding hydrogens is 268 g/mol. The molecule has 0 spiro atoms. The summed E-state index contributed by atoms with van der Waals surface area (Å²) in [5.41, 5.74) is 3.14. The molecule has 0 unspecified atom stereocenters. The first-order valence-corrected chi connectivity index (χ1v) is 7.60. The Kier molecular flexibility index (Phi) is 4.79. The number of carbonyl (C=O) groups is 1. The molecule has 0 fully saturated rings. The number of anilines is 1. The summed E-state index contributed by atoms with van der Waals surface area (Å²) in [6, 6.07) is 9.93. The van der Waals surface area contributed by atoms with Crippen LogP contribution in [-0.2, 0) is 13.0 Å². The van der Waals surface area contributed by atoms with Crippen LogP contribution in [0.2, 0.25) is 0 Å². The van der Waals surface area contributed by atoms with E-state index in [1.807, 2.05) is 32.0 Å². The molecule has 106 valence electrons. The molecule has 1 heterocycles. The van der Waals surface area contributed by atoms with Gasteiger partial charge >= 0.3 is 6.03 Å². The summed E-state index contributed by atoms with van der Waals surface area (Å²) in [6.07, 6.45) is 1.04. The molecule has 2 amide bonds. The summed E-state index contributed by atoms with van der Waals surface area (Å²) in [4.78, 5) is 14.4. The average Bonchev–Trinajstić information content (AvgIpc) is 2.90. The second-order valence-corrected chi connectivity index (χ2v) is 6.03. The Labute approximate surface area is 124 Å². The monoisotopic (exact) mass is 288 g/mol. The number of benzene rings is 1. The van der Waals surface area contributed by atoms with E-state index >= 15 is 0 Å². The molecule has 2 N–H and O–H groups in total. The highest BCUT2D eigenvalue weighted by Gasteiger charge is 2.06. The molecular formula is C16H20N2OS. The lowest BCUT2D eigenvalue weighted by Crippen LogP contribution is -2.28. The van der Waals surface area contributed by atoms with Crippen LogP contribution < -0.4 is 10.6 Å². The summed E-state index contributed by atoms with van der Waals surface area (Å²) in [5.74, 6) is 0. The van der Waals surface area contributed by atoms with Crippen LogP contribution in [0.3, 0.4) is 0 Å². The average molecular weight is 288 g/mol. The number of nitrogens with one attached hydrogen (secondary N) is 2. The molecule has 0 bridgehead atoms. The fourth-order valence-electron chi connectivity index (χ4n) is 1.93. The Bertz CT molecular complexity index is 604. The van der Waals surface area contributed by atoms with Crippen LogP contribution in [-0.4, -0.2) is 6.03 Å². The van der Waals surface area contributed by atoms with Crippen molar-refractivity contribution in [3.8, 4) is 0 Å². The van der Waals surface area contributed by atoms with E-state index in [1.54, 1.807) is 11.3 Å². The van der Waals surface area contributed by atoms with E-state index in [0.29, 0.717) is 6.54 Å². The van der Waals surface area contributed by atoms with Crippen LogP contribution in [0, 0.1) is 13.8 Å². The number of thiophene rings is 1. The van der Waals surface area contributed by atoms with E-state index in [4.69, 9.17) is 0 Å². The maximum atomic E-state index is 11.9. The zero-order valence-corrected chi connectivity index (χ0v) is 12.9. The van der Waals surface area contributed by atoms with Crippen molar-refractivity contribution >= 4 is 23.1 Å². The predicted octanol–water partition coefficient (Wildman–Crippen LogP) is 4.25. The van der Waals surface area contributed by atoms with Crippen molar-refractivity contribution in [3.05, 3.63) is 51.2 Å². The van der Waals surface area contributed by atoms with Gasteiger partial charge in [-0.05, 0) is 49.6 Å². The number of hydrogen-bond acceptors (Lipinski definition) is 2. The van der Waals surface area contributed by atoms with Crippen molar-refractivity contribution in [1.82, 2.24) is 5.32 Å². The molecule has 2 rings (SSSR count). The van der Waals surface area contributed by atoms with Gasteiger partial charge in [-0.3, -0.25) is 0 Å². The molecule has 0 saturated heterocycles. The summed E-state index contributed by atoms with van der Waals surface area (Å²) in [6.45, 7) is 6.76. The predicted molar refractivity (Wildman–Crippen MR) is 85.5 cm³/mol. The third kappa shape index (κ3) is 3.61. The lowest BCUT2D eigenvalue weighted by molar-refractivity contribution is 0.252. The van der Waals surface area contributed by atoms with Crippen molar-refractivity contribution in [2.45, 2.75) is 33.7 Å². The van der Waals surface area contributed by atoms with Crippen molar-refractivity contribution in [1.29, 1.82) is 0 Å². The molecule has 0 radical (unpaired) electrons. The molecule has 3 nitrogen and oxygen atoms in total. The Hall–Kier alpha value is -1.81. The number of urea groups is 1. The van der Waals surface area contributed by atoms with Gasteiger partial charge in [0.25, 0.3) is 0 Å². The van der Waals surface area contributed by atoms with Gasteiger partial charge in [0.2, 0.25) is 0 Å². The van der Waals surface area contributed by atoms with Gasteiger partial charge in [-0.25, -0.2) is 4.79 Å². The van der Waals surface area contributed by atoms with Gasteiger partial charge in [-0.2, -0.15) is 0 Å². The molecule has 0 aliphatic heterocycles. The highest BCUT2D eigenvalue weighted by molar-refractivity contribution is 7.11. The second-order valence-electron chi connectivity index (χ2n) is 4.78. The van der Waals surface area contributed by atoms with Crippen LogP contribution in [0.15, 0.2) is 30.3 Å². The Balaban J connectivity index is 1.91. The van der Waals surface area contributed by atoms with E-state index < -0.39 is 0 Å². The highest BCUT2D eigenvalue weighted by Crippen LogP contribution is 2.18. The lowest BCUT2D eigenvalue weighted by atomic mass is 10.1. The molecule has 0 saturated carbocycles. The first-order valence-electron chi connectivity index (χ1n) is 6.78. The largest absolute Gasteiger partial charge is 0.333 e. The van der Waals surface area contributed by atoms with Gasteiger partial charge in [0.05, 0.1) is 6.54 Å². The minimum absolute atomic E-state index is 0.162. The summed E-state index contributed by atoms with van der Waals surface area (Å²) < 4.78 is 0. The van der Waals surface area contributed by atoms with Crippen LogP contribution in [0.1, 0.15) is 27.8 Å². The zero-order chi connectivity index (χ0) is 14.5. The Morgan fingerprint density at radius 3 is 2.60 bits per heavy atom. The van der Waals surface area contributed by atoms with Crippen molar-refractivity contribution < 1.29 is 4.79 Å². The summed E-state index contributed by atoms with van der Waals surface area (Å²) >= 11 is 1.74. The summed E-state index contributed by atoms with van der Waals surface area (Å²) in [7, 11) is 0. The highest BCUT2D eigenvalue weighted by atomic mass is 32.1. The smallest absolute Gasteiger partial charge is 0.319 e. The third-order valence-electron chi connectivity index (χ3n) is 3.34. The van der Waals surface area contributed by atoms with Gasteiger partial charge in [0.15, 0.2) is 0 Å². The van der Waals surface area contributed by atoms with Gasteiger partial charge in [0.1, 0.15) is 0 Å². The number of amides is 2. The first kappa shape index (κ1) is 14.6. The maximum absolute atomic E-state index is 11.9. The first-order chi connectivity index (χ1) is 9.60. The molecule has 0 aliphatic rings. The number of rotatable bonds is 4. The van der Waals surface area contributed by atoms with Crippen LogP contribution >= 0.6 is 11.3 Å². The Morgan fingerprint density at radius 2 is 1.90 bits per heavy atom. The van der Waals surface area contributed by atoms with Crippen molar-refractivity contribution in [3.63, 3.8) is 0 Å². The molecule has 1 aromatic carbocycles. The Morgan fingerprint density at radius 1 is 1.15 bits per heavy atom. The fraction of sp³-hybridized carbons (Fsp3) is 0.312. The molecule has 0 aliphatic carbocycles. The van der Waals surface area contributed by atoms with Crippen LogP contribution in [0.4, 0.5) is 10.5 Å². The normalized spacial score (nSPS) is 10.3. The van der Waals surface area contributed by atoms with E-state index in [0.717, 1.165) is 17.7 Å².